The van der Waals surface area contributed by atoms with Crippen LogP contribution in [-0.4, -0.2) is 49.1 Å². The molecule has 0 aromatic heterocycles. The molecule has 3 aromatic carbocycles. The van der Waals surface area contributed by atoms with Crippen LogP contribution in [-0.2, 0) is 32.7 Å². The van der Waals surface area contributed by atoms with E-state index in [1.165, 1.54) is 0 Å². The number of nitrogens with zero attached hydrogens (tertiary/aromatic N) is 2. The first-order chi connectivity index (χ1) is 18.3. The van der Waals surface area contributed by atoms with Gasteiger partial charge in [0.2, 0.25) is 0 Å². The summed E-state index contributed by atoms with van der Waals surface area (Å²) in [5.41, 5.74) is 5.74. The number of aliphatic imine (C=N–C) groups is 1. The first kappa shape index (κ1) is 30.7. The van der Waals surface area contributed by atoms with E-state index in [1.807, 2.05) is 68.3 Å². The Balaban J connectivity index is 0.000000215. The van der Waals surface area contributed by atoms with E-state index >= 15 is 0 Å². The summed E-state index contributed by atoms with van der Waals surface area (Å²) in [5, 5.41) is 0. The molecule has 0 aliphatic carbocycles. The number of methoxy groups -OCH3 is 1. The Labute approximate surface area is 256 Å². The van der Waals surface area contributed by atoms with Crippen LogP contribution in [0.15, 0.2) is 53.5 Å². The third-order valence-corrected chi connectivity index (χ3v) is 6.64. The van der Waals surface area contributed by atoms with E-state index in [1.54, 1.807) is 19.2 Å². The van der Waals surface area contributed by atoms with Crippen LogP contribution in [0.4, 0.5) is 5.69 Å². The second-order valence-electron chi connectivity index (χ2n) is 9.61. The second kappa shape index (κ2) is 14.0. The number of aryl methyl sites for hydroxylation is 3. The van der Waals surface area contributed by atoms with E-state index < -0.39 is 0 Å². The van der Waals surface area contributed by atoms with Gasteiger partial charge < -0.3 is 26.1 Å². The fourth-order valence-electron chi connectivity index (χ4n) is 4.79. The van der Waals surface area contributed by atoms with Gasteiger partial charge in [0.1, 0.15) is 5.78 Å². The van der Waals surface area contributed by atoms with Gasteiger partial charge in [0, 0.05) is 51.5 Å². The normalized spacial score (nSPS) is 15.3. The molecule has 5 rings (SSSR count). The third-order valence-electron chi connectivity index (χ3n) is 6.64. The number of carbonyl (C=O) groups is 2. The molecule has 7 heteroatoms. The maximum atomic E-state index is 12.7. The van der Waals surface area contributed by atoms with Gasteiger partial charge in [0.25, 0.3) is 5.91 Å². The van der Waals surface area contributed by atoms with Gasteiger partial charge >= 0.3 is 0 Å². The second-order valence-corrected chi connectivity index (χ2v) is 9.61. The molecule has 0 unspecified atom stereocenters. The summed E-state index contributed by atoms with van der Waals surface area (Å²) in [7, 11) is 1.57. The summed E-state index contributed by atoms with van der Waals surface area (Å²) in [5.74, 6) is 1.23. The molecule has 6 nitrogen and oxygen atoms in total. The molecule has 0 N–H and O–H groups in total. The minimum Gasteiger partial charge on any atom is -0.493 e. The van der Waals surface area contributed by atoms with Crippen LogP contribution in [0, 0.1) is 33.8 Å². The molecule has 0 saturated carbocycles. The van der Waals surface area contributed by atoms with Crippen molar-refractivity contribution < 1.29 is 51.8 Å². The van der Waals surface area contributed by atoms with Crippen LogP contribution >= 0.6 is 0 Å². The third kappa shape index (κ3) is 7.23. The fraction of sp³-hybridized carbons (Fsp3) is 0.312. The zero-order chi connectivity index (χ0) is 27.2. The molecular formula is C32H34N2O4Y-2. The molecule has 201 valence electrons. The number of amides is 1. The summed E-state index contributed by atoms with van der Waals surface area (Å²) in [4.78, 5) is 31.4. The molecule has 0 spiro atoms. The number of carbonyl (C=O) groups excluding carboxylic acids is 2. The predicted octanol–water partition coefficient (Wildman–Crippen LogP) is 6.26. The zero-order valence-corrected chi connectivity index (χ0v) is 26.0. The Morgan fingerprint density at radius 2 is 1.90 bits per heavy atom. The molecule has 1 saturated heterocycles. The fourth-order valence-corrected chi connectivity index (χ4v) is 4.79. The monoisotopic (exact) mass is 599 g/mol. The summed E-state index contributed by atoms with van der Waals surface area (Å²) in [6.07, 6.45) is 4.54. The van der Waals surface area contributed by atoms with Gasteiger partial charge in [-0.05, 0) is 37.0 Å². The van der Waals surface area contributed by atoms with Crippen LogP contribution < -0.4 is 9.47 Å². The van der Waals surface area contributed by atoms with Crippen molar-refractivity contribution in [1.82, 2.24) is 4.90 Å². The van der Waals surface area contributed by atoms with Gasteiger partial charge in [-0.25, -0.2) is 0 Å². The molecule has 2 aliphatic rings. The first-order valence-electron chi connectivity index (χ1n) is 12.9. The molecule has 3 aromatic rings. The number of rotatable bonds is 6. The maximum Gasteiger partial charge on any atom is 0.256 e. The van der Waals surface area contributed by atoms with Crippen molar-refractivity contribution in [3.63, 3.8) is 0 Å². The van der Waals surface area contributed by atoms with Crippen LogP contribution in [0.2, 0.25) is 0 Å². The van der Waals surface area contributed by atoms with Crippen LogP contribution in [0.5, 0.6) is 11.5 Å². The van der Waals surface area contributed by atoms with Crippen LogP contribution in [0.1, 0.15) is 62.2 Å². The van der Waals surface area contributed by atoms with Gasteiger partial charge in [0.05, 0.1) is 31.0 Å². The molecule has 1 fully saturated rings. The summed E-state index contributed by atoms with van der Waals surface area (Å²) >= 11 is 0. The Kier molecular flexibility index (Phi) is 11.0. The summed E-state index contributed by atoms with van der Waals surface area (Å²) in [6, 6.07) is 18.3. The van der Waals surface area contributed by atoms with Crippen molar-refractivity contribution in [2.75, 3.05) is 20.3 Å². The molecule has 0 bridgehead atoms. The predicted molar refractivity (Wildman–Crippen MR) is 150 cm³/mol. The molecule has 1 amide bonds. The quantitative estimate of drug-likeness (QED) is 0.248. The Morgan fingerprint density at radius 3 is 2.59 bits per heavy atom. The van der Waals surface area contributed by atoms with E-state index in [0.29, 0.717) is 41.3 Å². The zero-order valence-electron chi connectivity index (χ0n) is 23.1. The average Bonchev–Trinajstić information content (AvgIpc) is 3.34. The number of benzene rings is 3. The Bertz CT molecular complexity index is 1350. The number of ether oxygens (including phenoxy) is 2. The van der Waals surface area contributed by atoms with Gasteiger partial charge in [-0.1, -0.05) is 38.1 Å². The van der Waals surface area contributed by atoms with Gasteiger partial charge in [-0.3, -0.25) is 9.79 Å². The van der Waals surface area contributed by atoms with Gasteiger partial charge in [-0.15, -0.1) is 41.3 Å². The standard InChI is InChI=1S/C16H19N2O3.C16H15O.Y/c1-3-7-21-15-9-13-12(8-14(15)20-2)16(19)18-6-4-5-11(18)10-17-13;1-11-8-12(2)10-14(9-11)16(17)15-7-5-4-6-13(15)3;/h8-11H,1,3-7H2,2H3;4-9H,1-3H3;/q2*-1;/t11-;;/m0../s1. The SMILES string of the molecule is Cc1[c-]c(C(=O)c2ccccc2C)cc(C)c1.[CH2-]CCOc1cc2c(cc1OC)C(=O)N1CCC[C@H]1C=N2.[Y]. The van der Waals surface area contributed by atoms with Crippen LogP contribution in [0.3, 0.4) is 0 Å². The minimum absolute atomic E-state index is 0. The molecule has 2 heterocycles. The smallest absolute Gasteiger partial charge is 0.256 e. The molecular weight excluding hydrogens is 565 g/mol. The number of fused-ring (bicyclic) bond motifs is 2. The van der Waals surface area contributed by atoms with Crippen molar-refractivity contribution in [2.45, 2.75) is 46.1 Å². The number of ketones is 1. The molecule has 39 heavy (non-hydrogen) atoms. The van der Waals surface area contributed by atoms with E-state index in [0.717, 1.165) is 41.6 Å². The van der Waals surface area contributed by atoms with Crippen molar-refractivity contribution in [2.24, 2.45) is 4.99 Å². The summed E-state index contributed by atoms with van der Waals surface area (Å²) in [6.45, 7) is 11.0. The molecule has 1 radical (unpaired) electrons. The van der Waals surface area contributed by atoms with Crippen molar-refractivity contribution >= 4 is 23.6 Å². The topological polar surface area (TPSA) is 68.2 Å². The van der Waals surface area contributed by atoms with Gasteiger partial charge in [0.15, 0.2) is 11.5 Å². The minimum atomic E-state index is 0. The molecule has 1 atom stereocenters. The molecule has 2 aliphatic heterocycles. The Hall–Kier alpha value is -2.83. The van der Waals surface area contributed by atoms with Crippen molar-refractivity contribution in [1.29, 1.82) is 0 Å². The number of hydrogen-bond acceptors (Lipinski definition) is 5. The van der Waals surface area contributed by atoms with Crippen molar-refractivity contribution in [3.8, 4) is 11.5 Å². The van der Waals surface area contributed by atoms with E-state index in [2.05, 4.69) is 18.0 Å². The largest absolute Gasteiger partial charge is 0.493 e. The average molecular weight is 600 g/mol. The maximum absolute atomic E-state index is 12.7. The number of hydrogen-bond donors (Lipinski definition) is 0. The Morgan fingerprint density at radius 1 is 1.13 bits per heavy atom. The van der Waals surface area contributed by atoms with E-state index in [9.17, 15) is 9.59 Å². The van der Waals surface area contributed by atoms with Crippen LogP contribution in [0.25, 0.3) is 0 Å². The summed E-state index contributed by atoms with van der Waals surface area (Å²) < 4.78 is 11.0. The first-order valence-corrected chi connectivity index (χ1v) is 12.9. The van der Waals surface area contributed by atoms with E-state index in [4.69, 9.17) is 9.47 Å². The van der Waals surface area contributed by atoms with Crippen molar-refractivity contribution in [3.05, 3.63) is 94.9 Å². The van der Waals surface area contributed by atoms with E-state index in [-0.39, 0.29) is 50.4 Å². The van der Waals surface area contributed by atoms with Gasteiger partial charge in [-0.2, -0.15) is 0 Å².